The Morgan fingerprint density at radius 2 is 2.00 bits per heavy atom. The lowest BCUT2D eigenvalue weighted by Gasteiger charge is -2.10. The van der Waals surface area contributed by atoms with E-state index in [4.69, 9.17) is 0 Å². The fraction of sp³-hybridized carbons (Fsp3) is 0.182. The largest absolute Gasteiger partial charge is 0.443 e. The van der Waals surface area contributed by atoms with Crippen LogP contribution in [0.1, 0.15) is 21.6 Å². The van der Waals surface area contributed by atoms with Crippen molar-refractivity contribution in [3.05, 3.63) is 50.1 Å². The van der Waals surface area contributed by atoms with Crippen LogP contribution in [0.5, 0.6) is 0 Å². The van der Waals surface area contributed by atoms with E-state index >= 15 is 0 Å². The second-order valence-corrected chi connectivity index (χ2v) is 5.55. The normalized spacial score (nSPS) is 13.6. The molecule has 0 saturated heterocycles. The zero-order valence-corrected chi connectivity index (χ0v) is 11.5. The van der Waals surface area contributed by atoms with Crippen molar-refractivity contribution in [2.75, 3.05) is 0 Å². The van der Waals surface area contributed by atoms with Crippen LogP contribution in [0, 0.1) is 5.82 Å². The van der Waals surface area contributed by atoms with Gasteiger partial charge in [0.2, 0.25) is 0 Å². The van der Waals surface area contributed by atoms with Crippen LogP contribution in [-0.2, 0) is 6.18 Å². The summed E-state index contributed by atoms with van der Waals surface area (Å²) in [5.74, 6) is -0.511. The highest BCUT2D eigenvalue weighted by Crippen LogP contribution is 2.37. The molecule has 1 unspecified atom stereocenters. The molecule has 0 aliphatic carbocycles. The van der Waals surface area contributed by atoms with E-state index in [1.807, 2.05) is 0 Å². The first kappa shape index (κ1) is 14.4. The number of benzene rings is 1. The van der Waals surface area contributed by atoms with E-state index in [0.29, 0.717) is 11.3 Å². The lowest BCUT2D eigenvalue weighted by Crippen LogP contribution is -2.03. The number of rotatable bonds is 2. The van der Waals surface area contributed by atoms with Crippen LogP contribution < -0.4 is 0 Å². The molecule has 2 nitrogen and oxygen atoms in total. The average Bonchev–Trinajstić information content (AvgIpc) is 2.76. The van der Waals surface area contributed by atoms with Crippen LogP contribution in [0.3, 0.4) is 0 Å². The Balaban J connectivity index is 2.34. The molecule has 0 amide bonds. The van der Waals surface area contributed by atoms with Gasteiger partial charge in [0.15, 0.2) is 5.01 Å². The molecule has 1 atom stereocenters. The standard InChI is InChI=1S/C11H6BrF4NOS/c12-7-3-5(13)1-2-6(7)9(18)8-4-17-10(19-8)11(14,15)16/h1-4,9,18H. The fourth-order valence-corrected chi connectivity index (χ4v) is 2.78. The van der Waals surface area contributed by atoms with Gasteiger partial charge in [0.25, 0.3) is 0 Å². The molecular formula is C11H6BrF4NOS. The molecule has 0 bridgehead atoms. The Kier molecular flexibility index (Phi) is 3.93. The highest BCUT2D eigenvalue weighted by molar-refractivity contribution is 9.10. The van der Waals surface area contributed by atoms with Crippen molar-refractivity contribution in [3.63, 3.8) is 0 Å². The summed E-state index contributed by atoms with van der Waals surface area (Å²) in [5, 5.41) is 8.97. The van der Waals surface area contributed by atoms with Crippen molar-refractivity contribution in [2.24, 2.45) is 0 Å². The van der Waals surface area contributed by atoms with Gasteiger partial charge in [-0.2, -0.15) is 13.2 Å². The van der Waals surface area contributed by atoms with Gasteiger partial charge in [-0.3, -0.25) is 0 Å². The van der Waals surface area contributed by atoms with E-state index in [9.17, 15) is 22.7 Å². The number of aliphatic hydroxyl groups is 1. The number of hydrogen-bond donors (Lipinski definition) is 1. The highest BCUT2D eigenvalue weighted by Gasteiger charge is 2.35. The molecule has 102 valence electrons. The number of aromatic nitrogens is 1. The molecule has 0 saturated carbocycles. The van der Waals surface area contributed by atoms with Crippen molar-refractivity contribution >= 4 is 27.3 Å². The van der Waals surface area contributed by atoms with E-state index in [1.54, 1.807) is 0 Å². The van der Waals surface area contributed by atoms with E-state index in [2.05, 4.69) is 20.9 Å². The van der Waals surface area contributed by atoms with Crippen LogP contribution in [-0.4, -0.2) is 10.1 Å². The van der Waals surface area contributed by atoms with Gasteiger partial charge in [0, 0.05) is 16.2 Å². The zero-order valence-electron chi connectivity index (χ0n) is 9.08. The third-order valence-corrected chi connectivity index (χ3v) is 4.07. The maximum Gasteiger partial charge on any atom is 0.443 e. The molecule has 1 N–H and O–H groups in total. The summed E-state index contributed by atoms with van der Waals surface area (Å²) in [7, 11) is 0. The van der Waals surface area contributed by atoms with E-state index in [0.717, 1.165) is 18.3 Å². The van der Waals surface area contributed by atoms with Gasteiger partial charge in [-0.25, -0.2) is 9.37 Å². The second kappa shape index (κ2) is 5.18. The topological polar surface area (TPSA) is 33.1 Å². The van der Waals surface area contributed by atoms with Gasteiger partial charge in [-0.1, -0.05) is 22.0 Å². The summed E-state index contributed by atoms with van der Waals surface area (Å²) in [6.07, 6.45) is -4.86. The maximum atomic E-state index is 12.9. The number of hydrogen-bond acceptors (Lipinski definition) is 3. The molecule has 0 aliphatic rings. The first-order valence-electron chi connectivity index (χ1n) is 4.95. The predicted molar refractivity (Wildman–Crippen MR) is 65.3 cm³/mol. The third-order valence-electron chi connectivity index (χ3n) is 2.29. The fourth-order valence-electron chi connectivity index (χ4n) is 1.42. The molecule has 2 rings (SSSR count). The van der Waals surface area contributed by atoms with Crippen molar-refractivity contribution in [2.45, 2.75) is 12.3 Å². The second-order valence-electron chi connectivity index (χ2n) is 3.63. The highest BCUT2D eigenvalue weighted by atomic mass is 79.9. The minimum atomic E-state index is -4.54. The van der Waals surface area contributed by atoms with Crippen molar-refractivity contribution in [1.29, 1.82) is 0 Å². The molecule has 2 aromatic rings. The van der Waals surface area contributed by atoms with Gasteiger partial charge in [-0.05, 0) is 12.1 Å². The molecule has 0 fully saturated rings. The smallest absolute Gasteiger partial charge is 0.383 e. The Morgan fingerprint density at radius 1 is 1.32 bits per heavy atom. The number of thiazole rings is 1. The molecule has 1 aromatic heterocycles. The Hall–Kier alpha value is -0.990. The molecule has 8 heteroatoms. The summed E-state index contributed by atoms with van der Waals surface area (Å²) in [5.41, 5.74) is 0.277. The number of alkyl halides is 3. The molecular weight excluding hydrogens is 350 g/mol. The minimum Gasteiger partial charge on any atom is -0.383 e. The number of halogens is 5. The molecule has 0 aliphatic heterocycles. The van der Waals surface area contributed by atoms with Crippen LogP contribution in [0.2, 0.25) is 0 Å². The van der Waals surface area contributed by atoms with Crippen LogP contribution in [0.15, 0.2) is 28.9 Å². The monoisotopic (exact) mass is 355 g/mol. The first-order chi connectivity index (χ1) is 8.79. The van der Waals surface area contributed by atoms with Crippen LogP contribution >= 0.6 is 27.3 Å². The third kappa shape index (κ3) is 3.13. The number of aliphatic hydroxyl groups excluding tert-OH is 1. The van der Waals surface area contributed by atoms with E-state index in [1.165, 1.54) is 6.07 Å². The van der Waals surface area contributed by atoms with Gasteiger partial charge < -0.3 is 5.11 Å². The lowest BCUT2D eigenvalue weighted by atomic mass is 10.1. The summed E-state index contributed by atoms with van der Waals surface area (Å²) in [6, 6.07) is 3.55. The summed E-state index contributed by atoms with van der Waals surface area (Å²) < 4.78 is 50.4. The van der Waals surface area contributed by atoms with Crippen molar-refractivity contribution in [1.82, 2.24) is 4.98 Å². The van der Waals surface area contributed by atoms with Gasteiger partial charge in [0.1, 0.15) is 11.9 Å². The quantitative estimate of drug-likeness (QED) is 0.821. The molecule has 0 radical (unpaired) electrons. The van der Waals surface area contributed by atoms with Gasteiger partial charge in [0.05, 0.1) is 4.88 Å². The predicted octanol–water partition coefficient (Wildman–Crippen LogP) is 4.15. The Morgan fingerprint density at radius 3 is 2.53 bits per heavy atom. The minimum absolute atomic E-state index is 0.0413. The van der Waals surface area contributed by atoms with E-state index < -0.39 is 23.1 Å². The van der Waals surface area contributed by atoms with Crippen LogP contribution in [0.25, 0.3) is 0 Å². The molecule has 0 spiro atoms. The van der Waals surface area contributed by atoms with Crippen molar-refractivity contribution < 1.29 is 22.7 Å². The lowest BCUT2D eigenvalue weighted by molar-refractivity contribution is -0.137. The van der Waals surface area contributed by atoms with Gasteiger partial charge >= 0.3 is 6.18 Å². The van der Waals surface area contributed by atoms with Crippen molar-refractivity contribution in [3.8, 4) is 0 Å². The number of nitrogens with zero attached hydrogens (tertiary/aromatic N) is 1. The SMILES string of the molecule is OC(c1cnc(C(F)(F)F)s1)c1ccc(F)cc1Br. The summed E-state index contributed by atoms with van der Waals surface area (Å²) >= 11 is 3.41. The molecule has 1 heterocycles. The molecule has 1 aromatic carbocycles. The Bertz CT molecular complexity index is 599. The summed E-state index contributed by atoms with van der Waals surface area (Å²) in [4.78, 5) is 3.27. The van der Waals surface area contributed by atoms with Gasteiger partial charge in [-0.15, -0.1) is 11.3 Å². The van der Waals surface area contributed by atoms with Crippen LogP contribution in [0.4, 0.5) is 17.6 Å². The summed E-state index contributed by atoms with van der Waals surface area (Å²) in [6.45, 7) is 0. The maximum absolute atomic E-state index is 12.9. The zero-order chi connectivity index (χ0) is 14.2. The molecule has 19 heavy (non-hydrogen) atoms. The first-order valence-corrected chi connectivity index (χ1v) is 6.56. The Labute approximate surface area is 117 Å². The van der Waals surface area contributed by atoms with E-state index in [-0.39, 0.29) is 14.9 Å². The average molecular weight is 356 g/mol.